The van der Waals surface area contributed by atoms with Crippen LogP contribution in [0, 0.1) is 0 Å². The van der Waals surface area contributed by atoms with Gasteiger partial charge in [0.1, 0.15) is 11.2 Å². The van der Waals surface area contributed by atoms with E-state index in [-0.39, 0.29) is 16.8 Å². The highest BCUT2D eigenvalue weighted by Gasteiger charge is 2.32. The van der Waals surface area contributed by atoms with Crippen molar-refractivity contribution in [1.82, 2.24) is 14.3 Å². The van der Waals surface area contributed by atoms with Crippen molar-refractivity contribution in [3.8, 4) is 0 Å². The predicted octanol–water partition coefficient (Wildman–Crippen LogP) is 2.67. The lowest BCUT2D eigenvalue weighted by Gasteiger charge is -2.15. The average Bonchev–Trinajstić information content (AvgIpc) is 2.66. The molecule has 0 fully saturated rings. The number of hydrogen-bond donors (Lipinski definition) is 1. The van der Waals surface area contributed by atoms with Gasteiger partial charge in [0.15, 0.2) is 0 Å². The van der Waals surface area contributed by atoms with E-state index in [4.69, 9.17) is 0 Å². The van der Waals surface area contributed by atoms with Gasteiger partial charge in [-0.05, 0) is 30.3 Å². The fraction of sp³-hybridized carbons (Fsp3) is 0.158. The predicted molar refractivity (Wildman–Crippen MR) is 98.9 cm³/mol. The van der Waals surface area contributed by atoms with E-state index in [9.17, 15) is 27.6 Å². The number of pyridine rings is 1. The van der Waals surface area contributed by atoms with Gasteiger partial charge in [-0.3, -0.25) is 18.8 Å². The van der Waals surface area contributed by atoms with Crippen LogP contribution in [-0.4, -0.2) is 40.2 Å². The van der Waals surface area contributed by atoms with Crippen molar-refractivity contribution in [1.29, 1.82) is 0 Å². The van der Waals surface area contributed by atoms with Crippen LogP contribution in [0.4, 0.5) is 18.9 Å². The van der Waals surface area contributed by atoms with Crippen molar-refractivity contribution in [2.24, 2.45) is 0 Å². The Morgan fingerprint density at radius 3 is 2.52 bits per heavy atom. The number of halogens is 3. The van der Waals surface area contributed by atoms with Crippen molar-refractivity contribution in [2.45, 2.75) is 6.18 Å². The molecule has 0 unspecified atom stereocenters. The first-order valence-corrected chi connectivity index (χ1v) is 8.29. The molecule has 0 aliphatic heterocycles. The second kappa shape index (κ2) is 7.38. The molecule has 10 heteroatoms. The largest absolute Gasteiger partial charge is 0.416 e. The average molecular weight is 404 g/mol. The highest BCUT2D eigenvalue weighted by Crippen LogP contribution is 2.32. The van der Waals surface area contributed by atoms with Gasteiger partial charge in [-0.15, -0.1) is 0 Å². The van der Waals surface area contributed by atoms with Gasteiger partial charge in [0.05, 0.1) is 5.56 Å². The molecule has 1 N–H and O–H groups in total. The van der Waals surface area contributed by atoms with E-state index in [1.165, 1.54) is 20.3 Å². The highest BCUT2D eigenvalue weighted by molar-refractivity contribution is 6.05. The fourth-order valence-electron chi connectivity index (χ4n) is 2.63. The summed E-state index contributed by atoms with van der Waals surface area (Å²) in [5.41, 5.74) is -2.35. The maximum absolute atomic E-state index is 13.2. The number of benzene rings is 1. The minimum atomic E-state index is -4.73. The molecule has 0 bridgehead atoms. The Morgan fingerprint density at radius 1 is 1.14 bits per heavy atom. The Bertz CT molecular complexity index is 1170. The fourth-order valence-corrected chi connectivity index (χ4v) is 2.63. The molecule has 2 aromatic heterocycles. The van der Waals surface area contributed by atoms with E-state index in [1.54, 1.807) is 18.2 Å². The molecule has 0 spiro atoms. The number of fused-ring (bicyclic) bond motifs is 1. The summed E-state index contributed by atoms with van der Waals surface area (Å²) in [7, 11) is 2.78. The molecular formula is C19H15F3N4O3. The van der Waals surface area contributed by atoms with E-state index in [2.05, 4.69) is 10.3 Å². The number of carbonyl (C=O) groups excluding carboxylic acids is 2. The molecule has 0 radical (unpaired) electrons. The van der Waals surface area contributed by atoms with Crippen LogP contribution in [0.1, 0.15) is 26.3 Å². The maximum atomic E-state index is 13.2. The summed E-state index contributed by atoms with van der Waals surface area (Å²) >= 11 is 0. The van der Waals surface area contributed by atoms with E-state index in [1.807, 2.05) is 0 Å². The molecule has 150 valence electrons. The second-order valence-corrected chi connectivity index (χ2v) is 6.36. The Balaban J connectivity index is 2.02. The Labute approximate surface area is 162 Å². The normalized spacial score (nSPS) is 11.3. The first-order chi connectivity index (χ1) is 13.6. The van der Waals surface area contributed by atoms with Crippen LogP contribution in [0.25, 0.3) is 5.65 Å². The highest BCUT2D eigenvalue weighted by atomic mass is 19.4. The van der Waals surface area contributed by atoms with E-state index >= 15 is 0 Å². The van der Waals surface area contributed by atoms with E-state index < -0.39 is 29.1 Å². The molecule has 3 aromatic rings. The van der Waals surface area contributed by atoms with Gasteiger partial charge in [-0.1, -0.05) is 6.07 Å². The Morgan fingerprint density at radius 2 is 1.86 bits per heavy atom. The minimum Gasteiger partial charge on any atom is -0.345 e. The van der Waals surface area contributed by atoms with Crippen LogP contribution in [0.5, 0.6) is 0 Å². The summed E-state index contributed by atoms with van der Waals surface area (Å²) in [6.07, 6.45) is -2.27. The van der Waals surface area contributed by atoms with Gasteiger partial charge in [0, 0.05) is 37.7 Å². The maximum Gasteiger partial charge on any atom is 0.416 e. The van der Waals surface area contributed by atoms with Crippen LogP contribution in [0.3, 0.4) is 0 Å². The zero-order valence-corrected chi connectivity index (χ0v) is 15.3. The molecule has 29 heavy (non-hydrogen) atoms. The zero-order chi connectivity index (χ0) is 21.3. The van der Waals surface area contributed by atoms with Gasteiger partial charge < -0.3 is 10.2 Å². The third-order valence-electron chi connectivity index (χ3n) is 4.03. The second-order valence-electron chi connectivity index (χ2n) is 6.36. The summed E-state index contributed by atoms with van der Waals surface area (Å²) in [5, 5.41) is 2.25. The molecule has 3 rings (SSSR count). The number of rotatable bonds is 3. The van der Waals surface area contributed by atoms with Crippen molar-refractivity contribution in [3.05, 3.63) is 75.8 Å². The van der Waals surface area contributed by atoms with Gasteiger partial charge in [0.2, 0.25) is 0 Å². The standard InChI is InChI=1S/C19H15F3N4O3/c1-25(2)17(28)11-7-12(19(20,21)22)9-13(8-11)24-16(27)14-10-23-15-5-3-4-6-26(15)18(14)29/h3-10H,1-2H3,(H,24,27). The van der Waals surface area contributed by atoms with Crippen LogP contribution in [-0.2, 0) is 6.18 Å². The minimum absolute atomic E-state index is 0.256. The van der Waals surface area contributed by atoms with Crippen LogP contribution >= 0.6 is 0 Å². The quantitative estimate of drug-likeness (QED) is 0.728. The number of nitrogens with zero attached hydrogens (tertiary/aromatic N) is 3. The Hall–Kier alpha value is -3.69. The summed E-state index contributed by atoms with van der Waals surface area (Å²) < 4.78 is 40.8. The summed E-state index contributed by atoms with van der Waals surface area (Å²) in [5.74, 6) is -1.61. The Kier molecular flexibility index (Phi) is 5.10. The number of amides is 2. The lowest BCUT2D eigenvalue weighted by Crippen LogP contribution is -2.27. The molecule has 7 nitrogen and oxygen atoms in total. The summed E-state index contributed by atoms with van der Waals surface area (Å²) in [4.78, 5) is 42.2. The first-order valence-electron chi connectivity index (χ1n) is 8.29. The monoisotopic (exact) mass is 404 g/mol. The lowest BCUT2D eigenvalue weighted by atomic mass is 10.1. The molecule has 0 aliphatic rings. The molecule has 1 aromatic carbocycles. The third kappa shape index (κ3) is 4.10. The number of alkyl halides is 3. The number of anilines is 1. The van der Waals surface area contributed by atoms with Crippen LogP contribution in [0.2, 0.25) is 0 Å². The molecule has 2 heterocycles. The smallest absolute Gasteiger partial charge is 0.345 e. The van der Waals surface area contributed by atoms with E-state index in [0.717, 1.165) is 21.6 Å². The molecule has 0 atom stereocenters. The lowest BCUT2D eigenvalue weighted by molar-refractivity contribution is -0.137. The number of carbonyl (C=O) groups is 2. The SMILES string of the molecule is CN(C)C(=O)c1cc(NC(=O)c2cnc3ccccn3c2=O)cc(C(F)(F)F)c1. The van der Waals surface area contributed by atoms with Gasteiger partial charge in [-0.25, -0.2) is 4.98 Å². The topological polar surface area (TPSA) is 83.8 Å². The molecule has 0 saturated heterocycles. The molecule has 0 aliphatic carbocycles. The zero-order valence-electron chi connectivity index (χ0n) is 15.3. The number of aromatic nitrogens is 2. The molecule has 0 saturated carbocycles. The first kappa shape index (κ1) is 20.1. The van der Waals surface area contributed by atoms with Crippen molar-refractivity contribution >= 4 is 23.1 Å². The summed E-state index contributed by atoms with van der Waals surface area (Å²) in [6.45, 7) is 0. The van der Waals surface area contributed by atoms with Crippen molar-refractivity contribution < 1.29 is 22.8 Å². The van der Waals surface area contributed by atoms with Gasteiger partial charge >= 0.3 is 6.18 Å². The van der Waals surface area contributed by atoms with Crippen molar-refractivity contribution in [3.63, 3.8) is 0 Å². The van der Waals surface area contributed by atoms with Crippen molar-refractivity contribution in [2.75, 3.05) is 19.4 Å². The van der Waals surface area contributed by atoms with Crippen LogP contribution < -0.4 is 10.9 Å². The third-order valence-corrected chi connectivity index (χ3v) is 4.03. The summed E-state index contributed by atoms with van der Waals surface area (Å²) in [6, 6.07) is 7.30. The number of hydrogen-bond acceptors (Lipinski definition) is 4. The molecular weight excluding hydrogens is 389 g/mol. The van der Waals surface area contributed by atoms with Gasteiger partial charge in [-0.2, -0.15) is 13.2 Å². The van der Waals surface area contributed by atoms with E-state index in [0.29, 0.717) is 17.8 Å². The van der Waals surface area contributed by atoms with Crippen LogP contribution in [0.15, 0.2) is 53.6 Å². The number of nitrogens with one attached hydrogen (secondary N) is 1. The molecule has 2 amide bonds. The van der Waals surface area contributed by atoms with Gasteiger partial charge in [0.25, 0.3) is 17.4 Å².